The summed E-state index contributed by atoms with van der Waals surface area (Å²) < 4.78 is 23.3. The molecular formula is C22H25N3O3S2. The molecule has 8 heteroatoms. The Kier molecular flexibility index (Phi) is 5.88. The molecule has 0 radical (unpaired) electrons. The predicted octanol–water partition coefficient (Wildman–Crippen LogP) is 3.67. The molecule has 0 aliphatic carbocycles. The molecule has 30 heavy (non-hydrogen) atoms. The van der Waals surface area contributed by atoms with Crippen LogP contribution in [0.25, 0.3) is 0 Å². The number of nitrogens with zero attached hydrogens (tertiary/aromatic N) is 1. The monoisotopic (exact) mass is 443 g/mol. The van der Waals surface area contributed by atoms with E-state index >= 15 is 0 Å². The lowest BCUT2D eigenvalue weighted by Crippen LogP contribution is -2.14. The third-order valence-corrected chi connectivity index (χ3v) is 8.39. The van der Waals surface area contributed by atoms with Crippen molar-refractivity contribution in [2.75, 3.05) is 22.1 Å². The van der Waals surface area contributed by atoms with Gasteiger partial charge >= 0.3 is 0 Å². The van der Waals surface area contributed by atoms with Gasteiger partial charge in [0, 0.05) is 16.6 Å². The van der Waals surface area contributed by atoms with Crippen molar-refractivity contribution in [3.63, 3.8) is 0 Å². The van der Waals surface area contributed by atoms with Gasteiger partial charge in [0.1, 0.15) is 0 Å². The summed E-state index contributed by atoms with van der Waals surface area (Å²) >= 11 is 1.49. The lowest BCUT2D eigenvalue weighted by molar-refractivity contribution is -0.115. The minimum absolute atomic E-state index is 0.0232. The van der Waals surface area contributed by atoms with Crippen molar-refractivity contribution < 1.29 is 13.2 Å². The van der Waals surface area contributed by atoms with E-state index in [1.165, 1.54) is 17.3 Å². The van der Waals surface area contributed by atoms with Gasteiger partial charge in [-0.15, -0.1) is 0 Å². The van der Waals surface area contributed by atoms with Gasteiger partial charge in [0.25, 0.3) is 0 Å². The van der Waals surface area contributed by atoms with E-state index < -0.39 is 9.84 Å². The van der Waals surface area contributed by atoms with Gasteiger partial charge in [-0.05, 0) is 41.3 Å². The van der Waals surface area contributed by atoms with Gasteiger partial charge in [-0.25, -0.2) is 8.42 Å². The number of sulfone groups is 1. The van der Waals surface area contributed by atoms with Crippen LogP contribution in [0.3, 0.4) is 0 Å². The first-order valence-electron chi connectivity index (χ1n) is 9.98. The Morgan fingerprint density at radius 2 is 1.73 bits per heavy atom. The van der Waals surface area contributed by atoms with Crippen LogP contribution in [0.4, 0.5) is 11.4 Å². The zero-order valence-electron chi connectivity index (χ0n) is 17.0. The molecule has 158 valence electrons. The average Bonchev–Trinajstić information content (AvgIpc) is 3.16. The Labute approximate surface area is 181 Å². The van der Waals surface area contributed by atoms with Crippen LogP contribution in [0.15, 0.2) is 53.5 Å². The Morgan fingerprint density at radius 1 is 1.07 bits per heavy atom. The molecule has 0 unspecified atom stereocenters. The van der Waals surface area contributed by atoms with Crippen LogP contribution in [-0.2, 0) is 21.1 Å². The van der Waals surface area contributed by atoms with E-state index in [0.29, 0.717) is 12.3 Å². The number of carbonyl (C=O) groups is 1. The fraction of sp³-hybridized carbons (Fsp3) is 0.364. The van der Waals surface area contributed by atoms with Gasteiger partial charge in [-0.3, -0.25) is 9.79 Å². The smallest absolute Gasteiger partial charge is 0.228 e. The molecule has 2 aliphatic rings. The summed E-state index contributed by atoms with van der Waals surface area (Å²) in [7, 11) is -2.94. The van der Waals surface area contributed by atoms with Crippen molar-refractivity contribution in [1.82, 2.24) is 0 Å². The van der Waals surface area contributed by atoms with E-state index in [1.807, 2.05) is 48.5 Å². The SMILES string of the molecule is CC(C)c1ccc(NC(=O)Cc2ccc(NC3=N[C@@H]4CS(=O)(=O)C[C@H]4S3)cc2)cc1. The quantitative estimate of drug-likeness (QED) is 0.736. The molecule has 2 aliphatic heterocycles. The number of anilines is 2. The molecule has 2 N–H and O–H groups in total. The van der Waals surface area contributed by atoms with Crippen molar-refractivity contribution in [2.45, 2.75) is 37.5 Å². The molecule has 0 saturated carbocycles. The summed E-state index contributed by atoms with van der Waals surface area (Å²) in [4.78, 5) is 16.8. The second kappa shape index (κ2) is 8.43. The third kappa shape index (κ3) is 5.05. The number of amides is 1. The Bertz CT molecular complexity index is 1060. The Hall–Kier alpha value is -2.32. The van der Waals surface area contributed by atoms with Crippen LogP contribution in [0.5, 0.6) is 0 Å². The highest BCUT2D eigenvalue weighted by atomic mass is 32.2. The van der Waals surface area contributed by atoms with Gasteiger partial charge < -0.3 is 10.6 Å². The third-order valence-electron chi connectivity index (χ3n) is 5.25. The van der Waals surface area contributed by atoms with Gasteiger partial charge in [0.15, 0.2) is 15.0 Å². The fourth-order valence-corrected chi connectivity index (χ4v) is 7.26. The zero-order chi connectivity index (χ0) is 21.3. The van der Waals surface area contributed by atoms with Crippen molar-refractivity contribution in [1.29, 1.82) is 0 Å². The second-order valence-electron chi connectivity index (χ2n) is 8.06. The van der Waals surface area contributed by atoms with E-state index in [1.54, 1.807) is 0 Å². The number of carbonyl (C=O) groups excluding carboxylic acids is 1. The largest absolute Gasteiger partial charge is 0.335 e. The lowest BCUT2D eigenvalue weighted by Gasteiger charge is -2.10. The Balaban J connectivity index is 1.30. The minimum atomic E-state index is -2.94. The maximum atomic E-state index is 12.3. The number of aliphatic imine (C=N–C) groups is 1. The van der Waals surface area contributed by atoms with E-state index in [0.717, 1.165) is 22.1 Å². The molecule has 2 atom stereocenters. The highest BCUT2D eigenvalue weighted by molar-refractivity contribution is 8.15. The molecule has 2 aromatic rings. The van der Waals surface area contributed by atoms with Gasteiger partial charge in [0.2, 0.25) is 5.91 Å². The van der Waals surface area contributed by atoms with Crippen LogP contribution < -0.4 is 10.6 Å². The van der Waals surface area contributed by atoms with Gasteiger partial charge in [-0.1, -0.05) is 49.9 Å². The summed E-state index contributed by atoms with van der Waals surface area (Å²) in [5.74, 6) is 0.746. The zero-order valence-corrected chi connectivity index (χ0v) is 18.6. The molecule has 1 saturated heterocycles. The van der Waals surface area contributed by atoms with Crippen LogP contribution in [-0.4, -0.2) is 42.3 Å². The number of amidine groups is 1. The van der Waals surface area contributed by atoms with Crippen molar-refractivity contribution in [3.05, 3.63) is 59.7 Å². The second-order valence-corrected chi connectivity index (χ2v) is 11.4. The van der Waals surface area contributed by atoms with E-state index in [-0.39, 0.29) is 28.7 Å². The molecule has 1 fully saturated rings. The maximum absolute atomic E-state index is 12.3. The Morgan fingerprint density at radius 3 is 2.37 bits per heavy atom. The molecule has 0 spiro atoms. The molecule has 0 bridgehead atoms. The predicted molar refractivity (Wildman–Crippen MR) is 124 cm³/mol. The molecule has 6 nitrogen and oxygen atoms in total. The summed E-state index contributed by atoms with van der Waals surface area (Å²) in [5.41, 5.74) is 3.83. The lowest BCUT2D eigenvalue weighted by atomic mass is 10.0. The number of thioether (sulfide) groups is 1. The standard InChI is InChI=1S/C22H25N3O3S2/c1-14(2)16-5-9-17(10-6-16)23-21(26)11-15-3-7-18(8-4-15)24-22-25-19-12-30(27,28)13-20(19)29-22/h3-10,14,19-20H,11-13H2,1-2H3,(H,23,26)(H,24,25)/t19-,20-/m1/s1. The van der Waals surface area contributed by atoms with Crippen molar-refractivity contribution in [3.8, 4) is 0 Å². The highest BCUT2D eigenvalue weighted by Gasteiger charge is 2.42. The fourth-order valence-electron chi connectivity index (χ4n) is 3.59. The molecule has 0 aromatic heterocycles. The van der Waals surface area contributed by atoms with Crippen LogP contribution in [0, 0.1) is 0 Å². The average molecular weight is 444 g/mol. The maximum Gasteiger partial charge on any atom is 0.228 e. The first kappa shape index (κ1) is 20.9. The normalized spacial score (nSPS) is 21.9. The topological polar surface area (TPSA) is 87.6 Å². The number of fused-ring (bicyclic) bond motifs is 1. The van der Waals surface area contributed by atoms with Crippen molar-refractivity contribution >= 4 is 44.0 Å². The minimum Gasteiger partial charge on any atom is -0.335 e. The molecular weight excluding hydrogens is 418 g/mol. The van der Waals surface area contributed by atoms with Crippen LogP contribution >= 0.6 is 11.8 Å². The number of hydrogen-bond acceptors (Lipinski definition) is 6. The number of hydrogen-bond donors (Lipinski definition) is 2. The van der Waals surface area contributed by atoms with E-state index in [4.69, 9.17) is 0 Å². The van der Waals surface area contributed by atoms with Crippen LogP contribution in [0.1, 0.15) is 30.9 Å². The summed E-state index contributed by atoms with van der Waals surface area (Å²) in [5, 5.41) is 6.96. The van der Waals surface area contributed by atoms with E-state index in [2.05, 4.69) is 29.5 Å². The first-order valence-corrected chi connectivity index (χ1v) is 12.7. The first-order chi connectivity index (χ1) is 14.3. The molecule has 1 amide bonds. The van der Waals surface area contributed by atoms with E-state index in [9.17, 15) is 13.2 Å². The van der Waals surface area contributed by atoms with Crippen LogP contribution in [0.2, 0.25) is 0 Å². The summed E-state index contributed by atoms with van der Waals surface area (Å²) in [6.07, 6.45) is 0.296. The molecule has 2 heterocycles. The molecule has 4 rings (SSSR count). The van der Waals surface area contributed by atoms with Crippen molar-refractivity contribution in [2.24, 2.45) is 4.99 Å². The number of benzene rings is 2. The summed E-state index contributed by atoms with van der Waals surface area (Å²) in [6, 6.07) is 15.4. The molecule has 2 aromatic carbocycles. The number of rotatable bonds is 5. The highest BCUT2D eigenvalue weighted by Crippen LogP contribution is 2.34. The summed E-state index contributed by atoms with van der Waals surface area (Å²) in [6.45, 7) is 4.28. The van der Waals surface area contributed by atoms with Gasteiger partial charge in [-0.2, -0.15) is 0 Å². The van der Waals surface area contributed by atoms with Gasteiger partial charge in [0.05, 0.1) is 24.0 Å². The number of nitrogens with one attached hydrogen (secondary N) is 2.